The molecule has 1 N–H and O–H groups in total. The van der Waals surface area contributed by atoms with Gasteiger partial charge in [0.25, 0.3) is 5.91 Å². The van der Waals surface area contributed by atoms with Gasteiger partial charge < -0.3 is 19.9 Å². The molecule has 1 saturated heterocycles. The highest BCUT2D eigenvalue weighted by Gasteiger charge is 2.44. The minimum absolute atomic E-state index is 0.124. The zero-order chi connectivity index (χ0) is 30.0. The van der Waals surface area contributed by atoms with Crippen LogP contribution in [-0.4, -0.2) is 43.0 Å². The first-order valence-electron chi connectivity index (χ1n) is 14.8. The molecule has 42 heavy (non-hydrogen) atoms. The second kappa shape index (κ2) is 12.3. The van der Waals surface area contributed by atoms with E-state index in [0.717, 1.165) is 21.9 Å². The number of hydrogen-bond donors (Lipinski definition) is 1. The summed E-state index contributed by atoms with van der Waals surface area (Å²) in [5, 5.41) is 14.9. The van der Waals surface area contributed by atoms with E-state index in [-0.39, 0.29) is 36.1 Å². The van der Waals surface area contributed by atoms with Crippen LogP contribution in [-0.2, 0) is 25.7 Å². The molecule has 0 saturated carbocycles. The Labute approximate surface area is 247 Å². The number of fused-ring (bicyclic) bond motifs is 2. The van der Waals surface area contributed by atoms with Gasteiger partial charge in [-0.2, -0.15) is 5.26 Å². The van der Waals surface area contributed by atoms with Crippen molar-refractivity contribution in [2.75, 3.05) is 23.0 Å². The Bertz CT molecular complexity index is 1550. The van der Waals surface area contributed by atoms with E-state index in [1.54, 1.807) is 28.0 Å². The lowest BCUT2D eigenvalue weighted by atomic mass is 9.96. The van der Waals surface area contributed by atoms with Crippen LogP contribution in [0.25, 0.3) is 10.8 Å². The number of nitrogens with one attached hydrogen (secondary N) is 1. The number of anilines is 2. The zero-order valence-electron chi connectivity index (χ0n) is 24.7. The predicted molar refractivity (Wildman–Crippen MR) is 163 cm³/mol. The van der Waals surface area contributed by atoms with Crippen molar-refractivity contribution in [3.63, 3.8) is 0 Å². The van der Waals surface area contributed by atoms with Gasteiger partial charge in [0, 0.05) is 25.0 Å². The van der Waals surface area contributed by atoms with Gasteiger partial charge in [-0.3, -0.25) is 14.4 Å². The second-order valence-corrected chi connectivity index (χ2v) is 11.5. The van der Waals surface area contributed by atoms with Crippen LogP contribution in [0.2, 0.25) is 0 Å². The molecule has 0 aromatic heterocycles. The van der Waals surface area contributed by atoms with Gasteiger partial charge in [-0.1, -0.05) is 50.2 Å². The van der Waals surface area contributed by atoms with E-state index in [4.69, 9.17) is 4.74 Å². The first-order chi connectivity index (χ1) is 20.2. The minimum Gasteiger partial charge on any atom is -0.381 e. The van der Waals surface area contributed by atoms with Crippen LogP contribution in [0.3, 0.4) is 0 Å². The van der Waals surface area contributed by atoms with E-state index >= 15 is 0 Å². The van der Waals surface area contributed by atoms with Gasteiger partial charge in [-0.05, 0) is 73.2 Å². The fourth-order valence-corrected chi connectivity index (χ4v) is 5.98. The highest BCUT2D eigenvalue weighted by molar-refractivity contribution is 6.09. The highest BCUT2D eigenvalue weighted by atomic mass is 16.5. The summed E-state index contributed by atoms with van der Waals surface area (Å²) >= 11 is 0. The maximum atomic E-state index is 14.6. The van der Waals surface area contributed by atoms with E-state index < -0.39 is 12.1 Å². The highest BCUT2D eigenvalue weighted by Crippen LogP contribution is 2.39. The molecule has 0 aliphatic carbocycles. The van der Waals surface area contributed by atoms with Crippen molar-refractivity contribution < 1.29 is 19.1 Å². The summed E-state index contributed by atoms with van der Waals surface area (Å²) in [6.45, 7) is 8.82. The second-order valence-electron chi connectivity index (χ2n) is 11.5. The minimum atomic E-state index is -0.983. The third kappa shape index (κ3) is 5.49. The molecular formula is C34H38N4O4. The van der Waals surface area contributed by atoms with E-state index in [1.165, 1.54) is 0 Å². The monoisotopic (exact) mass is 566 g/mol. The number of nitriles is 1. The van der Waals surface area contributed by atoms with Crippen LogP contribution in [0.5, 0.6) is 0 Å². The topological polar surface area (TPSA) is 103 Å². The summed E-state index contributed by atoms with van der Waals surface area (Å²) < 4.78 is 5.52. The van der Waals surface area contributed by atoms with Gasteiger partial charge in [-0.15, -0.1) is 0 Å². The molecule has 1 fully saturated rings. The predicted octanol–water partition coefficient (Wildman–Crippen LogP) is 5.25. The summed E-state index contributed by atoms with van der Waals surface area (Å²) in [7, 11) is 0. The lowest BCUT2D eigenvalue weighted by Gasteiger charge is -2.35. The third-order valence-electron chi connectivity index (χ3n) is 8.83. The quantitative estimate of drug-likeness (QED) is 0.439. The lowest BCUT2D eigenvalue weighted by Crippen LogP contribution is -2.59. The van der Waals surface area contributed by atoms with Crippen molar-refractivity contribution in [2.45, 2.75) is 65.6 Å². The molecule has 8 nitrogen and oxygen atoms in total. The normalized spacial score (nSPS) is 20.0. The third-order valence-corrected chi connectivity index (χ3v) is 8.83. The first kappa shape index (κ1) is 29.3. The summed E-state index contributed by atoms with van der Waals surface area (Å²) in [6.07, 6.45) is 1.77. The molecule has 0 bridgehead atoms. The van der Waals surface area contributed by atoms with Crippen molar-refractivity contribution >= 4 is 39.9 Å². The standard InChI is InChI=1S/C34H38N4O4/c1-5-21(2)32(39)36-31-23(4)38(33(40)26-14-16-42-17-15-26)30-18-24(19-35)11-13-29(30)37(34(31)41)20-28-22(3)10-12-25-8-6-7-9-27(25)28/h6-13,18,21,23,26,31H,5,14-17,20H2,1-4H3,(H,36,39)/t21-,23+,31+/m1/s1. The fraction of sp³-hybridized carbons (Fsp3) is 0.412. The number of nitrogens with zero attached hydrogens (tertiary/aromatic N) is 3. The molecule has 2 aliphatic rings. The summed E-state index contributed by atoms with van der Waals surface area (Å²) in [4.78, 5) is 45.4. The van der Waals surface area contributed by atoms with E-state index in [1.807, 2.05) is 58.0 Å². The Morgan fingerprint density at radius 1 is 1.10 bits per heavy atom. The number of amides is 3. The fourth-order valence-electron chi connectivity index (χ4n) is 5.98. The Hall–Kier alpha value is -4.22. The van der Waals surface area contributed by atoms with Gasteiger partial charge in [0.1, 0.15) is 6.04 Å². The molecular weight excluding hydrogens is 528 g/mol. The Morgan fingerprint density at radius 2 is 1.83 bits per heavy atom. The number of hydrogen-bond acceptors (Lipinski definition) is 5. The average molecular weight is 567 g/mol. The summed E-state index contributed by atoms with van der Waals surface area (Å²) in [5.41, 5.74) is 3.45. The smallest absolute Gasteiger partial charge is 0.252 e. The molecule has 0 spiro atoms. The molecule has 0 unspecified atom stereocenters. The van der Waals surface area contributed by atoms with Gasteiger partial charge >= 0.3 is 0 Å². The molecule has 3 atom stereocenters. The van der Waals surface area contributed by atoms with Crippen LogP contribution in [0.15, 0.2) is 54.6 Å². The van der Waals surface area contributed by atoms with Crippen molar-refractivity contribution in [1.29, 1.82) is 5.26 Å². The molecule has 8 heteroatoms. The average Bonchev–Trinajstić information content (AvgIpc) is 3.10. The first-order valence-corrected chi connectivity index (χ1v) is 14.8. The van der Waals surface area contributed by atoms with Crippen molar-refractivity contribution in [3.05, 3.63) is 71.3 Å². The van der Waals surface area contributed by atoms with Crippen LogP contribution in [0, 0.1) is 30.1 Å². The van der Waals surface area contributed by atoms with E-state index in [0.29, 0.717) is 49.4 Å². The molecule has 2 aliphatic heterocycles. The van der Waals surface area contributed by atoms with Gasteiger partial charge in [0.2, 0.25) is 11.8 Å². The van der Waals surface area contributed by atoms with Gasteiger partial charge in [0.15, 0.2) is 0 Å². The number of ether oxygens (including phenoxy) is 1. The van der Waals surface area contributed by atoms with Crippen LogP contribution in [0.4, 0.5) is 11.4 Å². The number of aryl methyl sites for hydroxylation is 1. The molecule has 0 radical (unpaired) electrons. The Kier molecular flexibility index (Phi) is 8.60. The van der Waals surface area contributed by atoms with Crippen LogP contribution in [0.1, 0.15) is 56.7 Å². The van der Waals surface area contributed by atoms with Crippen LogP contribution < -0.4 is 15.1 Å². The van der Waals surface area contributed by atoms with Crippen molar-refractivity contribution in [3.8, 4) is 6.07 Å². The number of benzene rings is 3. The van der Waals surface area contributed by atoms with Crippen molar-refractivity contribution in [1.82, 2.24) is 5.32 Å². The molecule has 3 aromatic rings. The molecule has 218 valence electrons. The number of rotatable bonds is 6. The van der Waals surface area contributed by atoms with Crippen molar-refractivity contribution in [2.24, 2.45) is 11.8 Å². The van der Waals surface area contributed by atoms with E-state index in [9.17, 15) is 19.6 Å². The van der Waals surface area contributed by atoms with Gasteiger partial charge in [-0.25, -0.2) is 0 Å². The van der Waals surface area contributed by atoms with Gasteiger partial charge in [0.05, 0.1) is 35.6 Å². The van der Waals surface area contributed by atoms with Crippen LogP contribution >= 0.6 is 0 Å². The number of carbonyl (C=O) groups excluding carboxylic acids is 3. The largest absolute Gasteiger partial charge is 0.381 e. The SMILES string of the molecule is CC[C@@H](C)C(=O)N[C@@H]1C(=O)N(Cc2c(C)ccc3ccccc23)c2ccc(C#N)cc2N(C(=O)C2CCOCC2)[C@H]1C. The Balaban J connectivity index is 1.69. The molecule has 3 amide bonds. The number of carbonyl (C=O) groups is 3. The Morgan fingerprint density at radius 3 is 2.55 bits per heavy atom. The van der Waals surface area contributed by atoms with E-state index in [2.05, 4.69) is 17.5 Å². The summed E-state index contributed by atoms with van der Waals surface area (Å²) in [6, 6.07) is 17.8. The maximum Gasteiger partial charge on any atom is 0.252 e. The molecule has 3 aromatic carbocycles. The maximum absolute atomic E-state index is 14.6. The lowest BCUT2D eigenvalue weighted by molar-refractivity contribution is -0.131. The molecule has 5 rings (SSSR count). The zero-order valence-corrected chi connectivity index (χ0v) is 24.7. The molecule has 2 heterocycles. The summed E-state index contributed by atoms with van der Waals surface area (Å²) in [5.74, 6) is -1.23.